The van der Waals surface area contributed by atoms with E-state index in [0.717, 1.165) is 95.9 Å². The van der Waals surface area contributed by atoms with Crippen molar-refractivity contribution in [3.05, 3.63) is 71.6 Å². The highest BCUT2D eigenvalue weighted by atomic mass is 16.5. The van der Waals surface area contributed by atoms with Crippen LogP contribution in [-0.2, 0) is 27.2 Å². The number of aryl methyl sites for hydroxylation is 2. The summed E-state index contributed by atoms with van der Waals surface area (Å²) in [5.74, 6) is 1.42. The van der Waals surface area contributed by atoms with E-state index < -0.39 is 18.2 Å². The van der Waals surface area contributed by atoms with Crippen LogP contribution in [0.4, 0.5) is 4.79 Å². The molecule has 2 aromatic heterocycles. The van der Waals surface area contributed by atoms with Crippen LogP contribution in [0.2, 0.25) is 0 Å². The Morgan fingerprint density at radius 1 is 0.878 bits per heavy atom. The predicted octanol–water partition coefficient (Wildman–Crippen LogP) is 5.04. The largest absolute Gasteiger partial charge is 0.453 e. The van der Waals surface area contributed by atoms with Gasteiger partial charge in [-0.05, 0) is 81.0 Å². The minimum atomic E-state index is -0.692. The summed E-state index contributed by atoms with van der Waals surface area (Å²) in [7, 11) is 1.28. The Bertz CT molecular complexity index is 1860. The number of rotatable bonds is 7. The van der Waals surface area contributed by atoms with Crippen molar-refractivity contribution in [2.24, 2.45) is 5.73 Å². The fourth-order valence-corrected chi connectivity index (χ4v) is 7.59. The van der Waals surface area contributed by atoms with Gasteiger partial charge in [0.2, 0.25) is 11.8 Å². The monoisotopic (exact) mass is 664 g/mol. The van der Waals surface area contributed by atoms with Crippen LogP contribution in [0.3, 0.4) is 0 Å². The molecule has 7 rings (SSSR count). The number of ether oxygens (including phenoxy) is 1. The summed E-state index contributed by atoms with van der Waals surface area (Å²) in [4.78, 5) is 58.0. The quantitative estimate of drug-likeness (QED) is 0.215. The van der Waals surface area contributed by atoms with Gasteiger partial charge in [-0.2, -0.15) is 0 Å². The number of nitrogens with two attached hydrogens (primary N) is 1. The summed E-state index contributed by atoms with van der Waals surface area (Å²) in [6.45, 7) is 4.74. The number of aromatic amines is 2. The van der Waals surface area contributed by atoms with Crippen molar-refractivity contribution in [1.82, 2.24) is 35.1 Å². The first kappa shape index (κ1) is 32.6. The van der Waals surface area contributed by atoms with Crippen LogP contribution in [-0.4, -0.2) is 79.9 Å². The number of methoxy groups -OCH3 is 1. The molecule has 4 aromatic rings. The van der Waals surface area contributed by atoms with E-state index in [1.807, 2.05) is 11.1 Å². The van der Waals surface area contributed by atoms with Crippen molar-refractivity contribution in [2.45, 2.75) is 83.0 Å². The zero-order valence-corrected chi connectivity index (χ0v) is 28.3. The molecule has 4 atom stereocenters. The first-order valence-corrected chi connectivity index (χ1v) is 17.3. The highest BCUT2D eigenvalue weighted by Crippen LogP contribution is 2.38. The standard InChI is InChI=1S/C37H44N8O4/c1-21(38)35(46)44-17-6-10-31(44)34-41-28-8-4-7-26-19-25(15-16-27(26)32(28)43-34)23-11-13-24(14-12-23)29-20-39-33(42-29)30-9-5-18-45(30)36(47)22(2)40-37(48)49-3/h11-16,19-22,30-31H,4-10,17-18,38H2,1-3H3,(H,39,42)(H,40,48)(H,41,43)/t21-,22-,30-,31-/m0/s1. The molecular weight excluding hydrogens is 620 g/mol. The minimum Gasteiger partial charge on any atom is -0.453 e. The topological polar surface area (TPSA) is 162 Å². The molecule has 256 valence electrons. The van der Waals surface area contributed by atoms with Crippen molar-refractivity contribution >= 4 is 17.9 Å². The molecule has 2 aromatic carbocycles. The average molecular weight is 665 g/mol. The Kier molecular flexibility index (Phi) is 8.98. The van der Waals surface area contributed by atoms with Crippen molar-refractivity contribution in [3.63, 3.8) is 0 Å². The number of imidazole rings is 2. The molecule has 3 amide bonds. The number of H-pyrrole nitrogens is 2. The molecular formula is C37H44N8O4. The number of nitrogens with one attached hydrogen (secondary N) is 3. The molecule has 3 aliphatic rings. The SMILES string of the molecule is COC(=O)N[C@@H](C)C(=O)N1CCC[C@H]1c1ncc(-c2ccc(-c3ccc4c(c3)CCCc3[nH]c([C@@H]5CCCN5C(=O)[C@H](C)N)nc3-4)cc2)[nH]1. The van der Waals surface area contributed by atoms with Gasteiger partial charge in [-0.15, -0.1) is 0 Å². The molecule has 2 fully saturated rings. The summed E-state index contributed by atoms with van der Waals surface area (Å²) in [6, 6.07) is 13.6. The fourth-order valence-electron chi connectivity index (χ4n) is 7.59. The van der Waals surface area contributed by atoms with E-state index >= 15 is 0 Å². The molecule has 2 aliphatic heterocycles. The molecule has 1 aliphatic carbocycles. The number of aromatic nitrogens is 4. The Morgan fingerprint density at radius 3 is 2.27 bits per heavy atom. The predicted molar refractivity (Wildman–Crippen MR) is 185 cm³/mol. The van der Waals surface area contributed by atoms with Gasteiger partial charge in [0.05, 0.1) is 42.8 Å². The van der Waals surface area contributed by atoms with Crippen LogP contribution in [0.1, 0.15) is 80.9 Å². The van der Waals surface area contributed by atoms with Gasteiger partial charge in [0, 0.05) is 24.3 Å². The third-order valence-corrected chi connectivity index (χ3v) is 10.1. The Balaban J connectivity index is 1.07. The minimum absolute atomic E-state index is 0.0217. The van der Waals surface area contributed by atoms with Crippen LogP contribution in [0.5, 0.6) is 0 Å². The van der Waals surface area contributed by atoms with E-state index in [1.165, 1.54) is 12.7 Å². The van der Waals surface area contributed by atoms with Crippen LogP contribution in [0.15, 0.2) is 48.7 Å². The van der Waals surface area contributed by atoms with Gasteiger partial charge in [-0.25, -0.2) is 14.8 Å². The average Bonchev–Trinajstić information content (AvgIpc) is 3.93. The van der Waals surface area contributed by atoms with Gasteiger partial charge < -0.3 is 35.6 Å². The molecule has 0 radical (unpaired) electrons. The van der Waals surface area contributed by atoms with Crippen LogP contribution >= 0.6 is 0 Å². The molecule has 0 saturated carbocycles. The molecule has 12 nitrogen and oxygen atoms in total. The van der Waals surface area contributed by atoms with E-state index in [2.05, 4.69) is 67.5 Å². The smallest absolute Gasteiger partial charge is 0.407 e. The molecule has 4 heterocycles. The second-order valence-electron chi connectivity index (χ2n) is 13.5. The summed E-state index contributed by atoms with van der Waals surface area (Å²) >= 11 is 0. The zero-order valence-electron chi connectivity index (χ0n) is 28.3. The molecule has 12 heteroatoms. The van der Waals surface area contributed by atoms with Crippen molar-refractivity contribution in [2.75, 3.05) is 20.2 Å². The van der Waals surface area contributed by atoms with Crippen molar-refractivity contribution in [3.8, 4) is 33.6 Å². The lowest BCUT2D eigenvalue weighted by Crippen LogP contribution is -2.46. The Hall–Kier alpha value is -4.97. The number of amides is 3. The number of carbonyl (C=O) groups is 3. The van der Waals surface area contributed by atoms with Gasteiger partial charge in [0.25, 0.3) is 0 Å². The molecule has 0 spiro atoms. The number of fused-ring (bicyclic) bond motifs is 3. The van der Waals surface area contributed by atoms with Gasteiger partial charge >= 0.3 is 6.09 Å². The van der Waals surface area contributed by atoms with Crippen LogP contribution in [0, 0.1) is 0 Å². The molecule has 2 saturated heterocycles. The van der Waals surface area contributed by atoms with Gasteiger partial charge in [-0.3, -0.25) is 9.59 Å². The fraction of sp³-hybridized carbons (Fsp3) is 0.432. The third-order valence-electron chi connectivity index (χ3n) is 10.1. The first-order chi connectivity index (χ1) is 23.7. The molecule has 49 heavy (non-hydrogen) atoms. The lowest BCUT2D eigenvalue weighted by molar-refractivity contribution is -0.134. The molecule has 5 N–H and O–H groups in total. The first-order valence-electron chi connectivity index (χ1n) is 17.3. The number of alkyl carbamates (subject to hydrolysis) is 1. The molecule has 0 unspecified atom stereocenters. The number of nitrogens with zero attached hydrogens (tertiary/aromatic N) is 4. The Labute approximate surface area is 285 Å². The number of hydrogen-bond acceptors (Lipinski definition) is 7. The van der Waals surface area contributed by atoms with Gasteiger partial charge in [0.15, 0.2) is 0 Å². The van der Waals surface area contributed by atoms with E-state index in [1.54, 1.807) is 18.7 Å². The number of hydrogen-bond donors (Lipinski definition) is 4. The van der Waals surface area contributed by atoms with E-state index in [4.69, 9.17) is 10.7 Å². The van der Waals surface area contributed by atoms with Gasteiger partial charge in [0.1, 0.15) is 17.7 Å². The maximum atomic E-state index is 13.1. The zero-order chi connectivity index (χ0) is 34.2. The maximum Gasteiger partial charge on any atom is 0.407 e. The van der Waals surface area contributed by atoms with Crippen molar-refractivity contribution < 1.29 is 19.1 Å². The lowest BCUT2D eigenvalue weighted by Gasteiger charge is -2.26. The molecule has 0 bridgehead atoms. The normalized spacial score (nSPS) is 19.9. The van der Waals surface area contributed by atoms with Crippen LogP contribution < -0.4 is 11.1 Å². The maximum absolute atomic E-state index is 13.1. The van der Waals surface area contributed by atoms with E-state index in [9.17, 15) is 14.4 Å². The summed E-state index contributed by atoms with van der Waals surface area (Å²) in [5, 5.41) is 2.57. The summed E-state index contributed by atoms with van der Waals surface area (Å²) < 4.78 is 4.65. The highest BCUT2D eigenvalue weighted by Gasteiger charge is 2.36. The Morgan fingerprint density at radius 2 is 1.55 bits per heavy atom. The van der Waals surface area contributed by atoms with Crippen molar-refractivity contribution in [1.29, 1.82) is 0 Å². The van der Waals surface area contributed by atoms with Gasteiger partial charge in [-0.1, -0.05) is 42.5 Å². The summed E-state index contributed by atoms with van der Waals surface area (Å²) in [5.41, 5.74) is 14.7. The number of benzene rings is 2. The van der Waals surface area contributed by atoms with E-state index in [0.29, 0.717) is 13.1 Å². The van der Waals surface area contributed by atoms with Crippen LogP contribution in [0.25, 0.3) is 33.6 Å². The third kappa shape index (κ3) is 6.32. The second-order valence-corrected chi connectivity index (χ2v) is 13.5. The summed E-state index contributed by atoms with van der Waals surface area (Å²) in [6.07, 6.45) is 7.59. The second kappa shape index (κ2) is 13.5. The van der Waals surface area contributed by atoms with E-state index in [-0.39, 0.29) is 23.9 Å². The number of likely N-dealkylation sites (tertiary alicyclic amines) is 2. The number of carbonyl (C=O) groups excluding carboxylic acids is 3. The lowest BCUT2D eigenvalue weighted by atomic mass is 9.95. The highest BCUT2D eigenvalue weighted by molar-refractivity contribution is 5.86.